The van der Waals surface area contributed by atoms with E-state index in [1.807, 2.05) is 0 Å². The van der Waals surface area contributed by atoms with Crippen LogP contribution in [0.25, 0.3) is 0 Å². The third-order valence-corrected chi connectivity index (χ3v) is 3.54. The number of aryl methyl sites for hydroxylation is 1. The molecule has 0 fully saturated rings. The minimum absolute atomic E-state index is 0.00822. The van der Waals surface area contributed by atoms with Crippen molar-refractivity contribution in [2.45, 2.75) is 6.92 Å². The molecule has 0 unspecified atom stereocenters. The quantitative estimate of drug-likeness (QED) is 0.666. The number of carbonyl (C=O) groups excluding carboxylic acids is 1. The predicted molar refractivity (Wildman–Crippen MR) is 76.0 cm³/mol. The van der Waals surface area contributed by atoms with Gasteiger partial charge in [-0.3, -0.25) is 4.79 Å². The van der Waals surface area contributed by atoms with Gasteiger partial charge in [0.1, 0.15) is 11.6 Å². The van der Waals surface area contributed by atoms with Crippen LogP contribution in [0, 0.1) is 18.6 Å². The molecule has 2 rings (SSSR count). The maximum Gasteiger partial charge on any atom is 0.198 e. The zero-order valence-corrected chi connectivity index (χ0v) is 12.4. The van der Waals surface area contributed by atoms with E-state index in [1.165, 1.54) is 19.1 Å². The fourth-order valence-corrected chi connectivity index (χ4v) is 2.71. The van der Waals surface area contributed by atoms with Crippen molar-refractivity contribution in [2.75, 3.05) is 0 Å². The number of benzene rings is 2. The van der Waals surface area contributed by atoms with Crippen LogP contribution >= 0.6 is 34.8 Å². The number of ketones is 1. The SMILES string of the molecule is Cc1cc(C(=O)c2c(Cl)cc(Cl)cc2Cl)c(F)cc1F. The Morgan fingerprint density at radius 3 is 2.05 bits per heavy atom. The maximum absolute atomic E-state index is 13.7. The molecule has 0 spiro atoms. The highest BCUT2D eigenvalue weighted by Gasteiger charge is 2.21. The van der Waals surface area contributed by atoms with Crippen molar-refractivity contribution in [2.24, 2.45) is 0 Å². The third-order valence-electron chi connectivity index (χ3n) is 2.73. The van der Waals surface area contributed by atoms with Gasteiger partial charge in [0.25, 0.3) is 0 Å². The molecular weight excluding hydrogens is 329 g/mol. The smallest absolute Gasteiger partial charge is 0.198 e. The summed E-state index contributed by atoms with van der Waals surface area (Å²) >= 11 is 17.6. The summed E-state index contributed by atoms with van der Waals surface area (Å²) in [5, 5.41) is 0.273. The molecule has 0 saturated heterocycles. The van der Waals surface area contributed by atoms with Gasteiger partial charge in [0.2, 0.25) is 0 Å². The summed E-state index contributed by atoms with van der Waals surface area (Å²) in [6, 6.07) is 4.43. The van der Waals surface area contributed by atoms with Gasteiger partial charge in [0, 0.05) is 11.1 Å². The molecule has 2 aromatic rings. The van der Waals surface area contributed by atoms with E-state index in [1.54, 1.807) is 0 Å². The normalized spacial score (nSPS) is 10.7. The van der Waals surface area contributed by atoms with Gasteiger partial charge in [0.15, 0.2) is 5.78 Å². The van der Waals surface area contributed by atoms with Crippen molar-refractivity contribution in [1.82, 2.24) is 0 Å². The van der Waals surface area contributed by atoms with E-state index in [4.69, 9.17) is 34.8 Å². The van der Waals surface area contributed by atoms with Crippen LogP contribution in [0.15, 0.2) is 24.3 Å². The molecule has 2 aromatic carbocycles. The zero-order chi connectivity index (χ0) is 15.0. The van der Waals surface area contributed by atoms with Gasteiger partial charge in [-0.1, -0.05) is 34.8 Å². The largest absolute Gasteiger partial charge is 0.288 e. The van der Waals surface area contributed by atoms with Gasteiger partial charge in [0.05, 0.1) is 21.2 Å². The van der Waals surface area contributed by atoms with E-state index < -0.39 is 17.4 Å². The average molecular weight is 336 g/mol. The van der Waals surface area contributed by atoms with Crippen LogP contribution in [0.4, 0.5) is 8.78 Å². The van der Waals surface area contributed by atoms with E-state index in [0.29, 0.717) is 6.07 Å². The lowest BCUT2D eigenvalue weighted by molar-refractivity contribution is 0.103. The minimum Gasteiger partial charge on any atom is -0.288 e. The summed E-state index contributed by atoms with van der Waals surface area (Å²) in [6.45, 7) is 1.43. The van der Waals surface area contributed by atoms with Crippen molar-refractivity contribution in [3.8, 4) is 0 Å². The second-order valence-corrected chi connectivity index (χ2v) is 5.41. The summed E-state index contributed by atoms with van der Waals surface area (Å²) in [6.07, 6.45) is 0. The molecule has 104 valence electrons. The van der Waals surface area contributed by atoms with Crippen molar-refractivity contribution >= 4 is 40.6 Å². The molecule has 0 radical (unpaired) electrons. The van der Waals surface area contributed by atoms with Gasteiger partial charge in [-0.05, 0) is 30.7 Å². The minimum atomic E-state index is -0.972. The molecule has 0 aliphatic rings. The van der Waals surface area contributed by atoms with E-state index >= 15 is 0 Å². The van der Waals surface area contributed by atoms with E-state index in [2.05, 4.69) is 0 Å². The van der Waals surface area contributed by atoms with E-state index in [-0.39, 0.29) is 31.8 Å². The number of hydrogen-bond acceptors (Lipinski definition) is 1. The fourth-order valence-electron chi connectivity index (χ4n) is 1.73. The molecule has 0 saturated carbocycles. The molecule has 0 N–H and O–H groups in total. The van der Waals surface area contributed by atoms with Crippen molar-refractivity contribution in [1.29, 1.82) is 0 Å². The summed E-state index contributed by atoms with van der Waals surface area (Å²) < 4.78 is 27.0. The highest BCUT2D eigenvalue weighted by atomic mass is 35.5. The first-order valence-electron chi connectivity index (χ1n) is 5.46. The summed E-state index contributed by atoms with van der Waals surface area (Å²) in [5.41, 5.74) is -0.214. The lowest BCUT2D eigenvalue weighted by Crippen LogP contribution is -2.07. The standard InChI is InChI=1S/C14H7Cl3F2O/c1-6-2-8(12(19)5-11(6)18)14(20)13-9(16)3-7(15)4-10(13)17/h2-5H,1H3. The topological polar surface area (TPSA) is 17.1 Å². The number of halogens is 5. The Bertz CT molecular complexity index is 691. The van der Waals surface area contributed by atoms with Crippen LogP contribution in [0.2, 0.25) is 15.1 Å². The first kappa shape index (κ1) is 15.2. The van der Waals surface area contributed by atoms with Gasteiger partial charge >= 0.3 is 0 Å². The van der Waals surface area contributed by atoms with Crippen molar-refractivity contribution < 1.29 is 13.6 Å². The van der Waals surface area contributed by atoms with Gasteiger partial charge in [-0.25, -0.2) is 8.78 Å². The predicted octanol–water partition coefficient (Wildman–Crippen LogP) is 5.46. The molecule has 6 heteroatoms. The van der Waals surface area contributed by atoms with Crippen LogP contribution in [0.1, 0.15) is 21.5 Å². The van der Waals surface area contributed by atoms with E-state index in [0.717, 1.165) is 6.07 Å². The van der Waals surface area contributed by atoms with Crippen LogP contribution in [0.3, 0.4) is 0 Å². The molecule has 0 bridgehead atoms. The summed E-state index contributed by atoms with van der Waals surface area (Å²) in [5.74, 6) is -2.43. The third kappa shape index (κ3) is 2.80. The van der Waals surface area contributed by atoms with Gasteiger partial charge < -0.3 is 0 Å². The Morgan fingerprint density at radius 1 is 0.950 bits per heavy atom. The van der Waals surface area contributed by atoms with Gasteiger partial charge in [-0.2, -0.15) is 0 Å². The highest BCUT2D eigenvalue weighted by Crippen LogP contribution is 2.31. The first-order valence-corrected chi connectivity index (χ1v) is 6.59. The molecule has 0 atom stereocenters. The Balaban J connectivity index is 2.61. The number of hydrogen-bond donors (Lipinski definition) is 0. The van der Waals surface area contributed by atoms with Crippen LogP contribution in [-0.4, -0.2) is 5.78 Å². The van der Waals surface area contributed by atoms with Crippen molar-refractivity contribution in [3.05, 3.63) is 67.7 Å². The molecule has 0 aliphatic heterocycles. The molecule has 0 heterocycles. The Hall–Kier alpha value is -1.16. The summed E-state index contributed by atoms with van der Waals surface area (Å²) in [7, 11) is 0. The molecule has 20 heavy (non-hydrogen) atoms. The summed E-state index contributed by atoms with van der Waals surface area (Å²) in [4.78, 5) is 12.3. The maximum atomic E-state index is 13.7. The zero-order valence-electron chi connectivity index (χ0n) is 10.1. The van der Waals surface area contributed by atoms with Crippen LogP contribution in [0.5, 0.6) is 0 Å². The van der Waals surface area contributed by atoms with Crippen LogP contribution in [-0.2, 0) is 0 Å². The van der Waals surface area contributed by atoms with Crippen LogP contribution < -0.4 is 0 Å². The van der Waals surface area contributed by atoms with E-state index in [9.17, 15) is 13.6 Å². The average Bonchev–Trinajstić information content (AvgIpc) is 2.32. The molecule has 0 aliphatic carbocycles. The second kappa shape index (κ2) is 5.68. The molecule has 0 aromatic heterocycles. The lowest BCUT2D eigenvalue weighted by Gasteiger charge is -2.09. The fraction of sp³-hybridized carbons (Fsp3) is 0.0714. The second-order valence-electron chi connectivity index (χ2n) is 4.15. The molecule has 1 nitrogen and oxygen atoms in total. The van der Waals surface area contributed by atoms with Gasteiger partial charge in [-0.15, -0.1) is 0 Å². The first-order chi connectivity index (χ1) is 9.31. The number of rotatable bonds is 2. The van der Waals surface area contributed by atoms with Crippen molar-refractivity contribution in [3.63, 3.8) is 0 Å². The number of carbonyl (C=O) groups is 1. The Morgan fingerprint density at radius 2 is 1.50 bits per heavy atom. The lowest BCUT2D eigenvalue weighted by atomic mass is 10.0. The Kier molecular flexibility index (Phi) is 4.33. The monoisotopic (exact) mass is 334 g/mol. The highest BCUT2D eigenvalue weighted by molar-refractivity contribution is 6.43. The molecule has 0 amide bonds. The Labute approximate surface area is 129 Å². The molecular formula is C14H7Cl3F2O.